The number of carbonyl (C=O) groups excluding carboxylic acids is 1. The third-order valence-electron chi connectivity index (χ3n) is 4.84. The average molecular weight is 526 g/mol. The molecule has 32 heavy (non-hydrogen) atoms. The summed E-state index contributed by atoms with van der Waals surface area (Å²) >= 11 is 22.8. The minimum Gasteiger partial charge on any atom is -0.374 e. The maximum Gasteiger partial charge on any atom is 0.435 e. The number of aryl methyl sites for hydroxylation is 1. The molecular weight excluding hydrogens is 511 g/mol. The molecule has 2 aromatic rings. The quantitative estimate of drug-likeness (QED) is 0.460. The molecule has 1 aliphatic rings. The fraction of sp³-hybridized carbons (Fsp3) is 0.238. The summed E-state index contributed by atoms with van der Waals surface area (Å²) in [5.41, 5.74) is -1.63. The molecule has 0 saturated heterocycles. The Morgan fingerprint density at radius 1 is 1.19 bits per heavy atom. The summed E-state index contributed by atoms with van der Waals surface area (Å²) < 4.78 is 42.4. The number of amides is 1. The van der Waals surface area contributed by atoms with Gasteiger partial charge in [-0.15, -0.1) is 0 Å². The Morgan fingerprint density at radius 3 is 2.41 bits per heavy atom. The second-order valence-electron chi connectivity index (χ2n) is 7.02. The van der Waals surface area contributed by atoms with E-state index in [0.717, 1.165) is 12.1 Å². The van der Waals surface area contributed by atoms with Gasteiger partial charge in [0, 0.05) is 34.1 Å². The Labute approximate surface area is 201 Å². The van der Waals surface area contributed by atoms with E-state index in [1.54, 1.807) is 13.0 Å². The molecule has 0 saturated carbocycles. The van der Waals surface area contributed by atoms with Crippen LogP contribution in [-0.4, -0.2) is 24.3 Å². The summed E-state index contributed by atoms with van der Waals surface area (Å²) in [6, 6.07) is 8.21. The van der Waals surface area contributed by atoms with Crippen molar-refractivity contribution in [2.24, 2.45) is 5.16 Å². The van der Waals surface area contributed by atoms with Crippen molar-refractivity contribution in [3.8, 4) is 0 Å². The van der Waals surface area contributed by atoms with E-state index in [-0.39, 0.29) is 38.3 Å². The molecule has 1 heterocycles. The first-order chi connectivity index (χ1) is 14.9. The molecular formula is C21H15Cl4F3N2O2. The summed E-state index contributed by atoms with van der Waals surface area (Å²) in [4.78, 5) is 17.3. The largest absolute Gasteiger partial charge is 0.435 e. The Balaban J connectivity index is 1.88. The number of nitrogens with zero attached hydrogens (tertiary/aromatic N) is 1. The van der Waals surface area contributed by atoms with Crippen LogP contribution in [0.5, 0.6) is 0 Å². The maximum atomic E-state index is 14.1. The Bertz CT molecular complexity index is 1090. The molecule has 2 aromatic carbocycles. The van der Waals surface area contributed by atoms with Crippen LogP contribution < -0.4 is 5.32 Å². The highest BCUT2D eigenvalue weighted by Crippen LogP contribution is 2.49. The van der Waals surface area contributed by atoms with E-state index in [0.29, 0.717) is 16.7 Å². The van der Waals surface area contributed by atoms with E-state index in [4.69, 9.17) is 51.2 Å². The SMILES string of the molecule is Cc1cc(C2=NOC(c3cc(Cl)cc(Cl)c3)(C(F)(F)F)C2)ccc1C(=O)NCC=C(Cl)Cl. The molecule has 1 aliphatic heterocycles. The highest BCUT2D eigenvalue weighted by Gasteiger charge is 2.62. The zero-order valence-electron chi connectivity index (χ0n) is 16.4. The predicted octanol–water partition coefficient (Wildman–Crippen LogP) is 6.93. The van der Waals surface area contributed by atoms with Crippen molar-refractivity contribution in [3.05, 3.63) is 79.3 Å². The first-order valence-electron chi connectivity index (χ1n) is 9.11. The van der Waals surface area contributed by atoms with E-state index >= 15 is 0 Å². The zero-order valence-corrected chi connectivity index (χ0v) is 19.4. The van der Waals surface area contributed by atoms with E-state index in [1.807, 2.05) is 0 Å². The van der Waals surface area contributed by atoms with Crippen LogP contribution in [-0.2, 0) is 10.4 Å². The lowest BCUT2D eigenvalue weighted by atomic mass is 9.86. The monoisotopic (exact) mass is 524 g/mol. The van der Waals surface area contributed by atoms with Crippen LogP contribution in [0.3, 0.4) is 0 Å². The maximum absolute atomic E-state index is 14.1. The standard InChI is InChI=1S/C21H15Cl4F3N2O2/c1-11-6-12(2-3-16(11)19(31)29-5-4-18(24)25)17-10-20(32-30-17,21(26,27)28)13-7-14(22)9-15(23)8-13/h2-4,6-9H,5,10H2,1H3,(H,29,31). The lowest BCUT2D eigenvalue weighted by Gasteiger charge is -2.29. The van der Waals surface area contributed by atoms with Gasteiger partial charge in [-0.25, -0.2) is 0 Å². The Kier molecular flexibility index (Phi) is 7.34. The van der Waals surface area contributed by atoms with Crippen molar-refractivity contribution in [3.63, 3.8) is 0 Å². The highest BCUT2D eigenvalue weighted by atomic mass is 35.5. The molecule has 1 atom stereocenters. The Morgan fingerprint density at radius 2 is 1.84 bits per heavy atom. The lowest BCUT2D eigenvalue weighted by molar-refractivity contribution is -0.275. The third-order valence-corrected chi connectivity index (χ3v) is 5.58. The number of rotatable bonds is 5. The second-order valence-corrected chi connectivity index (χ2v) is 8.90. The third kappa shape index (κ3) is 5.17. The van der Waals surface area contributed by atoms with Crippen LogP contribution in [0.4, 0.5) is 13.2 Å². The normalized spacial score (nSPS) is 18.1. The van der Waals surface area contributed by atoms with Gasteiger partial charge in [0.2, 0.25) is 0 Å². The van der Waals surface area contributed by atoms with Gasteiger partial charge < -0.3 is 10.2 Å². The fourth-order valence-corrected chi connectivity index (χ4v) is 3.94. The van der Waals surface area contributed by atoms with Crippen LogP contribution in [0.15, 0.2) is 52.1 Å². The first kappa shape index (κ1) is 24.7. The van der Waals surface area contributed by atoms with Crippen LogP contribution >= 0.6 is 46.4 Å². The summed E-state index contributed by atoms with van der Waals surface area (Å²) in [6.07, 6.45) is -3.97. The van der Waals surface area contributed by atoms with Gasteiger partial charge in [0.15, 0.2) is 0 Å². The summed E-state index contributed by atoms with van der Waals surface area (Å²) in [7, 11) is 0. The van der Waals surface area contributed by atoms with Gasteiger partial charge in [0.1, 0.15) is 4.49 Å². The van der Waals surface area contributed by atoms with Gasteiger partial charge in [0.05, 0.1) is 5.71 Å². The number of nitrogens with one attached hydrogen (secondary N) is 1. The van der Waals surface area contributed by atoms with Crippen LogP contribution in [0, 0.1) is 6.92 Å². The molecule has 0 aromatic heterocycles. The molecule has 0 spiro atoms. The topological polar surface area (TPSA) is 50.7 Å². The van der Waals surface area contributed by atoms with Crippen molar-refractivity contribution in [2.45, 2.75) is 25.1 Å². The molecule has 170 valence electrons. The molecule has 1 N–H and O–H groups in total. The summed E-state index contributed by atoms with van der Waals surface area (Å²) in [5.74, 6) is -0.386. The molecule has 0 fully saturated rings. The van der Waals surface area contributed by atoms with Gasteiger partial charge in [-0.05, 0) is 54.5 Å². The summed E-state index contributed by atoms with van der Waals surface area (Å²) in [5, 5.41) is 6.42. The number of oxime groups is 1. The van der Waals surface area contributed by atoms with Gasteiger partial charge >= 0.3 is 6.18 Å². The Hall–Kier alpha value is -1.93. The summed E-state index contributed by atoms with van der Waals surface area (Å²) in [6.45, 7) is 1.78. The number of alkyl halides is 3. The van der Waals surface area contributed by atoms with Crippen molar-refractivity contribution in [2.75, 3.05) is 6.54 Å². The van der Waals surface area contributed by atoms with E-state index in [1.165, 1.54) is 24.3 Å². The lowest BCUT2D eigenvalue weighted by Crippen LogP contribution is -2.42. The minimum absolute atomic E-state index is 0.0192. The van der Waals surface area contributed by atoms with Crippen LogP contribution in [0.25, 0.3) is 0 Å². The first-order valence-corrected chi connectivity index (χ1v) is 10.6. The van der Waals surface area contributed by atoms with Crippen LogP contribution in [0.1, 0.15) is 33.5 Å². The molecule has 11 heteroatoms. The minimum atomic E-state index is -4.79. The molecule has 1 amide bonds. The molecule has 3 rings (SSSR count). The van der Waals surface area contributed by atoms with Gasteiger partial charge in [0.25, 0.3) is 11.5 Å². The van der Waals surface area contributed by atoms with E-state index < -0.39 is 18.2 Å². The molecule has 1 unspecified atom stereocenters. The number of halogens is 7. The van der Waals surface area contributed by atoms with Gasteiger partial charge in [-0.3, -0.25) is 4.79 Å². The fourth-order valence-electron chi connectivity index (χ4n) is 3.26. The van der Waals surface area contributed by atoms with Crippen molar-refractivity contribution >= 4 is 58.0 Å². The zero-order chi connectivity index (χ0) is 23.7. The predicted molar refractivity (Wildman–Crippen MR) is 120 cm³/mol. The molecule has 0 radical (unpaired) electrons. The smallest absolute Gasteiger partial charge is 0.374 e. The van der Waals surface area contributed by atoms with Crippen LogP contribution in [0.2, 0.25) is 10.0 Å². The van der Waals surface area contributed by atoms with Gasteiger partial charge in [-0.1, -0.05) is 57.6 Å². The van der Waals surface area contributed by atoms with Crippen molar-refractivity contribution in [1.29, 1.82) is 0 Å². The number of carbonyl (C=O) groups is 1. The van der Waals surface area contributed by atoms with E-state index in [9.17, 15) is 18.0 Å². The van der Waals surface area contributed by atoms with Crippen molar-refractivity contribution in [1.82, 2.24) is 5.32 Å². The molecule has 4 nitrogen and oxygen atoms in total. The molecule has 0 aliphatic carbocycles. The number of hydrogen-bond acceptors (Lipinski definition) is 3. The van der Waals surface area contributed by atoms with Gasteiger partial charge in [-0.2, -0.15) is 13.2 Å². The van der Waals surface area contributed by atoms with Crippen molar-refractivity contribution < 1.29 is 22.8 Å². The highest BCUT2D eigenvalue weighted by molar-refractivity contribution is 6.55. The average Bonchev–Trinajstić information content (AvgIpc) is 3.13. The molecule has 0 bridgehead atoms. The number of hydrogen-bond donors (Lipinski definition) is 1. The second kappa shape index (κ2) is 9.51. The van der Waals surface area contributed by atoms with E-state index in [2.05, 4.69) is 10.5 Å². The number of benzene rings is 2.